The number of amides is 1. The van der Waals surface area contributed by atoms with Crippen molar-refractivity contribution in [3.8, 4) is 0 Å². The molecule has 1 N–H and O–H groups in total. The zero-order valence-corrected chi connectivity index (χ0v) is 15.0. The topological polar surface area (TPSA) is 69.7 Å². The molecule has 0 saturated carbocycles. The third-order valence-corrected chi connectivity index (χ3v) is 5.76. The number of likely N-dealkylation sites (N-methyl/N-ethyl adjacent to an activating group) is 1. The minimum Gasteiger partial charge on any atom is -0.340 e. The summed E-state index contributed by atoms with van der Waals surface area (Å²) < 4.78 is 27.1. The van der Waals surface area contributed by atoms with Gasteiger partial charge in [0.15, 0.2) is 0 Å². The predicted molar refractivity (Wildman–Crippen MR) is 90.1 cm³/mol. The highest BCUT2D eigenvalue weighted by Gasteiger charge is 2.21. The molecule has 1 fully saturated rings. The van der Waals surface area contributed by atoms with E-state index in [1.54, 1.807) is 24.0 Å². The fraction of sp³-hybridized carbons (Fsp3) is 0.533. The molecule has 128 valence electrons. The summed E-state index contributed by atoms with van der Waals surface area (Å²) in [6.07, 6.45) is 0.155. The van der Waals surface area contributed by atoms with E-state index in [1.807, 2.05) is 7.05 Å². The molecule has 0 aromatic heterocycles. The van der Waals surface area contributed by atoms with Crippen LogP contribution in [0.25, 0.3) is 0 Å². The molecule has 0 radical (unpaired) electrons. The van der Waals surface area contributed by atoms with Crippen molar-refractivity contribution in [3.05, 3.63) is 28.8 Å². The normalized spacial score (nSPS) is 16.6. The first-order valence-corrected chi connectivity index (χ1v) is 9.38. The molecule has 0 spiro atoms. The summed E-state index contributed by atoms with van der Waals surface area (Å²) >= 11 is 5.86. The lowest BCUT2D eigenvalue weighted by molar-refractivity contribution is -0.132. The fourth-order valence-corrected chi connectivity index (χ4v) is 3.98. The smallest absolute Gasteiger partial charge is 0.240 e. The number of benzene rings is 1. The molecule has 1 heterocycles. The molecule has 0 bridgehead atoms. The lowest BCUT2D eigenvalue weighted by atomic mass is 10.2. The van der Waals surface area contributed by atoms with Crippen molar-refractivity contribution < 1.29 is 13.2 Å². The van der Waals surface area contributed by atoms with Crippen LogP contribution in [0.1, 0.15) is 12.0 Å². The van der Waals surface area contributed by atoms with Gasteiger partial charge in [-0.3, -0.25) is 4.79 Å². The summed E-state index contributed by atoms with van der Waals surface area (Å²) in [6.45, 7) is 4.86. The molecule has 1 aromatic carbocycles. The van der Waals surface area contributed by atoms with Gasteiger partial charge in [-0.1, -0.05) is 17.7 Å². The Morgan fingerprint density at radius 3 is 2.57 bits per heavy atom. The Labute approximate surface area is 142 Å². The largest absolute Gasteiger partial charge is 0.340 e. The number of rotatable bonds is 5. The lowest BCUT2D eigenvalue weighted by Gasteiger charge is -2.32. The van der Waals surface area contributed by atoms with Gasteiger partial charge in [-0.25, -0.2) is 13.1 Å². The quantitative estimate of drug-likeness (QED) is 0.854. The number of nitrogens with zero attached hydrogens (tertiary/aromatic N) is 2. The Bertz CT molecular complexity index is 671. The van der Waals surface area contributed by atoms with Crippen LogP contribution >= 0.6 is 11.6 Å². The molecule has 1 aromatic rings. The molecular weight excluding hydrogens is 338 g/mol. The second-order valence-electron chi connectivity index (χ2n) is 5.74. The number of piperazine rings is 1. The third kappa shape index (κ3) is 4.91. The molecule has 1 saturated heterocycles. The van der Waals surface area contributed by atoms with E-state index < -0.39 is 10.0 Å². The van der Waals surface area contributed by atoms with Crippen molar-refractivity contribution in [2.45, 2.75) is 18.2 Å². The van der Waals surface area contributed by atoms with Gasteiger partial charge in [0.25, 0.3) is 0 Å². The van der Waals surface area contributed by atoms with Gasteiger partial charge in [0, 0.05) is 44.2 Å². The van der Waals surface area contributed by atoms with Crippen molar-refractivity contribution >= 4 is 27.5 Å². The minimum absolute atomic E-state index is 0.0244. The van der Waals surface area contributed by atoms with Crippen LogP contribution < -0.4 is 4.72 Å². The van der Waals surface area contributed by atoms with E-state index in [2.05, 4.69) is 9.62 Å². The fourth-order valence-electron chi connectivity index (χ4n) is 2.45. The second-order valence-corrected chi connectivity index (χ2v) is 7.91. The number of carbonyl (C=O) groups is 1. The van der Waals surface area contributed by atoms with Crippen molar-refractivity contribution in [2.75, 3.05) is 39.8 Å². The average molecular weight is 360 g/mol. The molecule has 23 heavy (non-hydrogen) atoms. The molecule has 0 aliphatic carbocycles. The van der Waals surface area contributed by atoms with Crippen LogP contribution in [0.3, 0.4) is 0 Å². The van der Waals surface area contributed by atoms with Gasteiger partial charge in [0.1, 0.15) is 0 Å². The Balaban J connectivity index is 1.90. The van der Waals surface area contributed by atoms with Gasteiger partial charge in [-0.05, 0) is 31.7 Å². The molecular formula is C15H22ClN3O3S. The highest BCUT2D eigenvalue weighted by Crippen LogP contribution is 2.19. The molecule has 2 rings (SSSR count). The maximum Gasteiger partial charge on any atom is 0.240 e. The highest BCUT2D eigenvalue weighted by atomic mass is 35.5. The summed E-state index contributed by atoms with van der Waals surface area (Å²) in [4.78, 5) is 16.2. The number of halogens is 1. The van der Waals surface area contributed by atoms with E-state index in [-0.39, 0.29) is 23.8 Å². The minimum atomic E-state index is -3.66. The number of carbonyl (C=O) groups excluding carboxylic acids is 1. The van der Waals surface area contributed by atoms with E-state index in [0.29, 0.717) is 23.7 Å². The molecule has 1 aliphatic heterocycles. The Kier molecular flexibility index (Phi) is 6.02. The van der Waals surface area contributed by atoms with Crippen LogP contribution in [0.5, 0.6) is 0 Å². The second kappa shape index (κ2) is 7.61. The van der Waals surface area contributed by atoms with Gasteiger partial charge < -0.3 is 9.80 Å². The summed E-state index contributed by atoms with van der Waals surface area (Å²) in [7, 11) is -1.64. The first-order valence-electron chi connectivity index (χ1n) is 7.52. The van der Waals surface area contributed by atoms with Gasteiger partial charge in [0.05, 0.1) is 4.90 Å². The number of hydrogen-bond donors (Lipinski definition) is 1. The Morgan fingerprint density at radius 1 is 1.26 bits per heavy atom. The van der Waals surface area contributed by atoms with E-state index in [4.69, 9.17) is 11.6 Å². The van der Waals surface area contributed by atoms with Gasteiger partial charge in [-0.15, -0.1) is 0 Å². The Morgan fingerprint density at radius 2 is 1.91 bits per heavy atom. The van der Waals surface area contributed by atoms with Crippen LogP contribution in [0.15, 0.2) is 23.1 Å². The van der Waals surface area contributed by atoms with E-state index in [0.717, 1.165) is 13.1 Å². The summed E-state index contributed by atoms with van der Waals surface area (Å²) in [5.74, 6) is -0.0244. The van der Waals surface area contributed by atoms with Crippen molar-refractivity contribution in [3.63, 3.8) is 0 Å². The number of aryl methyl sites for hydroxylation is 1. The van der Waals surface area contributed by atoms with E-state index in [1.165, 1.54) is 6.07 Å². The van der Waals surface area contributed by atoms with Crippen molar-refractivity contribution in [1.82, 2.24) is 14.5 Å². The van der Waals surface area contributed by atoms with Crippen LogP contribution in [0.4, 0.5) is 0 Å². The zero-order chi connectivity index (χ0) is 17.0. The van der Waals surface area contributed by atoms with Crippen molar-refractivity contribution in [2.24, 2.45) is 0 Å². The number of sulfonamides is 1. The van der Waals surface area contributed by atoms with E-state index >= 15 is 0 Å². The average Bonchev–Trinajstić information content (AvgIpc) is 2.50. The van der Waals surface area contributed by atoms with E-state index in [9.17, 15) is 13.2 Å². The lowest BCUT2D eigenvalue weighted by Crippen LogP contribution is -2.47. The summed E-state index contributed by atoms with van der Waals surface area (Å²) in [5, 5.41) is 0.365. The standard InChI is InChI=1S/C15H22ClN3O3S/c1-12-3-4-13(16)11-14(12)23(21,22)17-6-5-15(20)19-9-7-18(2)8-10-19/h3-4,11,17H,5-10H2,1-2H3. The highest BCUT2D eigenvalue weighted by molar-refractivity contribution is 7.89. The van der Waals surface area contributed by atoms with Crippen LogP contribution in [0.2, 0.25) is 5.02 Å². The molecule has 8 heteroatoms. The molecule has 6 nitrogen and oxygen atoms in total. The maximum atomic E-state index is 12.3. The summed E-state index contributed by atoms with van der Waals surface area (Å²) in [5.41, 5.74) is 0.618. The van der Waals surface area contributed by atoms with Gasteiger partial charge >= 0.3 is 0 Å². The van der Waals surface area contributed by atoms with Gasteiger partial charge in [-0.2, -0.15) is 0 Å². The van der Waals surface area contributed by atoms with Crippen molar-refractivity contribution in [1.29, 1.82) is 0 Å². The third-order valence-electron chi connectivity index (χ3n) is 3.93. The summed E-state index contributed by atoms with van der Waals surface area (Å²) in [6, 6.07) is 4.72. The predicted octanol–water partition coefficient (Wildman–Crippen LogP) is 1.09. The monoisotopic (exact) mass is 359 g/mol. The first-order chi connectivity index (χ1) is 10.8. The molecule has 1 aliphatic rings. The molecule has 0 unspecified atom stereocenters. The SMILES string of the molecule is Cc1ccc(Cl)cc1S(=O)(=O)NCCC(=O)N1CCN(C)CC1. The molecule has 0 atom stereocenters. The zero-order valence-electron chi connectivity index (χ0n) is 13.4. The molecule has 1 amide bonds. The van der Waals surface area contributed by atoms with Crippen LogP contribution in [-0.4, -0.2) is 63.9 Å². The Hall–Kier alpha value is -1.15. The number of hydrogen-bond acceptors (Lipinski definition) is 4. The van der Waals surface area contributed by atoms with Gasteiger partial charge in [0.2, 0.25) is 15.9 Å². The number of nitrogens with one attached hydrogen (secondary N) is 1. The maximum absolute atomic E-state index is 12.3. The first kappa shape index (κ1) is 18.2. The van der Waals surface area contributed by atoms with Crippen LogP contribution in [-0.2, 0) is 14.8 Å². The van der Waals surface area contributed by atoms with Crippen LogP contribution in [0, 0.1) is 6.92 Å².